The Morgan fingerprint density at radius 2 is 1.85 bits per heavy atom. The Morgan fingerprint density at radius 3 is 2.61 bits per heavy atom. The van der Waals surface area contributed by atoms with Crippen molar-refractivity contribution in [3.63, 3.8) is 0 Å². The van der Waals surface area contributed by atoms with Gasteiger partial charge in [-0.05, 0) is 78.7 Å². The zero-order valence-electron chi connectivity index (χ0n) is 23.3. The molecule has 2 aromatic heterocycles. The molecule has 210 valence electrons. The van der Waals surface area contributed by atoms with Crippen molar-refractivity contribution in [3.8, 4) is 11.1 Å². The van der Waals surface area contributed by atoms with E-state index in [1.54, 1.807) is 11.9 Å². The summed E-state index contributed by atoms with van der Waals surface area (Å²) in [7, 11) is 1.56. The van der Waals surface area contributed by atoms with Crippen molar-refractivity contribution in [1.29, 1.82) is 0 Å². The summed E-state index contributed by atoms with van der Waals surface area (Å²) in [6.07, 6.45) is 7.74. The van der Waals surface area contributed by atoms with Crippen molar-refractivity contribution in [2.24, 2.45) is 0 Å². The van der Waals surface area contributed by atoms with E-state index in [1.165, 1.54) is 16.7 Å². The number of likely N-dealkylation sites (tertiary alicyclic amines) is 1. The van der Waals surface area contributed by atoms with Crippen LogP contribution < -0.4 is 5.32 Å². The Balaban J connectivity index is 1.09. The van der Waals surface area contributed by atoms with Gasteiger partial charge in [-0.3, -0.25) is 14.5 Å². The fourth-order valence-electron chi connectivity index (χ4n) is 6.27. The van der Waals surface area contributed by atoms with Crippen LogP contribution in [-0.4, -0.2) is 63.5 Å². The molecule has 0 saturated carbocycles. The molecule has 2 amide bonds. The molecule has 1 fully saturated rings. The second-order valence-electron chi connectivity index (χ2n) is 11.1. The molecule has 0 radical (unpaired) electrons. The summed E-state index contributed by atoms with van der Waals surface area (Å²) in [6, 6.07) is 20.1. The van der Waals surface area contributed by atoms with Gasteiger partial charge in [0.25, 0.3) is 5.91 Å². The number of fused-ring (bicyclic) bond motifs is 2. The zero-order valence-corrected chi connectivity index (χ0v) is 23.3. The second kappa shape index (κ2) is 11.7. The molecule has 2 aliphatic heterocycles. The molecule has 6 rings (SSSR count). The van der Waals surface area contributed by atoms with Crippen molar-refractivity contribution in [2.75, 3.05) is 20.1 Å². The molecule has 41 heavy (non-hydrogen) atoms. The van der Waals surface area contributed by atoms with Crippen molar-refractivity contribution >= 4 is 23.7 Å². The highest BCUT2D eigenvalue weighted by Gasteiger charge is 2.36. The summed E-state index contributed by atoms with van der Waals surface area (Å²) in [6.45, 7) is 3.20. The molecule has 1 N–H and O–H groups in total. The van der Waals surface area contributed by atoms with Gasteiger partial charge in [0.1, 0.15) is 18.0 Å². The standard InChI is InChI=1S/C33H35N5O3/c1-34-32(40)30(8-5-17-39)38-20-27-18-25(9-11-29(27)33(38)41)24-13-15-36(16-14-24)21-28-22-37-19-26(10-12-31(37)35-28)23-6-3-2-4-7-23/h2-4,6-7,9-12,17-19,22,24,30H,5,8,13-16,20-21H2,1H3,(H,34,40). The van der Waals surface area contributed by atoms with Gasteiger partial charge in [0.05, 0.1) is 5.69 Å². The number of piperidine rings is 1. The molecule has 1 saturated heterocycles. The maximum atomic E-state index is 13.1. The lowest BCUT2D eigenvalue weighted by Crippen LogP contribution is -2.46. The molecule has 2 aromatic carbocycles. The Bertz CT molecular complexity index is 1570. The third kappa shape index (κ3) is 5.52. The highest BCUT2D eigenvalue weighted by Crippen LogP contribution is 2.33. The van der Waals surface area contributed by atoms with Gasteiger partial charge in [-0.2, -0.15) is 0 Å². The summed E-state index contributed by atoms with van der Waals surface area (Å²) < 4.78 is 2.12. The summed E-state index contributed by atoms with van der Waals surface area (Å²) in [5, 5.41) is 2.64. The molecule has 8 nitrogen and oxygen atoms in total. The molecule has 0 aliphatic carbocycles. The SMILES string of the molecule is CNC(=O)C(CCC=O)N1Cc2cc(C3CCN(Cc4cn5cc(-c6ccccc6)ccc5n4)CC3)ccc2C1=O. The van der Waals surface area contributed by atoms with Crippen LogP contribution in [0, 0.1) is 0 Å². The van der Waals surface area contributed by atoms with E-state index in [0.717, 1.165) is 55.7 Å². The van der Waals surface area contributed by atoms with Crippen LogP contribution in [0.5, 0.6) is 0 Å². The van der Waals surface area contributed by atoms with E-state index in [9.17, 15) is 14.4 Å². The zero-order chi connectivity index (χ0) is 28.3. The molecule has 1 unspecified atom stereocenters. The quantitative estimate of drug-likeness (QED) is 0.312. The number of likely N-dealkylation sites (N-methyl/N-ethyl adjacent to an activating group) is 1. The molecule has 2 aliphatic rings. The predicted octanol–water partition coefficient (Wildman–Crippen LogP) is 4.43. The molecule has 4 heterocycles. The predicted molar refractivity (Wildman–Crippen MR) is 157 cm³/mol. The number of carbonyl (C=O) groups is 3. The number of hydrogen-bond acceptors (Lipinski definition) is 5. The lowest BCUT2D eigenvalue weighted by atomic mass is 9.88. The number of aldehydes is 1. The van der Waals surface area contributed by atoms with Crippen LogP contribution in [0.25, 0.3) is 16.8 Å². The molecule has 8 heteroatoms. The number of benzene rings is 2. The number of nitrogens with zero attached hydrogens (tertiary/aromatic N) is 4. The first-order chi connectivity index (χ1) is 20.0. The van der Waals surface area contributed by atoms with Gasteiger partial charge < -0.3 is 19.4 Å². The summed E-state index contributed by atoms with van der Waals surface area (Å²) in [4.78, 5) is 45.5. The monoisotopic (exact) mass is 549 g/mol. The fraction of sp³-hybridized carbons (Fsp3) is 0.333. The van der Waals surface area contributed by atoms with Gasteiger partial charge in [0.15, 0.2) is 0 Å². The minimum absolute atomic E-state index is 0.135. The number of nitrogens with one attached hydrogen (secondary N) is 1. The molecule has 0 spiro atoms. The second-order valence-corrected chi connectivity index (χ2v) is 11.1. The van der Waals surface area contributed by atoms with E-state index in [-0.39, 0.29) is 18.2 Å². The number of amides is 2. The third-order valence-corrected chi connectivity index (χ3v) is 8.50. The van der Waals surface area contributed by atoms with Crippen LogP contribution in [0.4, 0.5) is 0 Å². The van der Waals surface area contributed by atoms with E-state index in [1.807, 2.05) is 12.1 Å². The van der Waals surface area contributed by atoms with Crippen molar-refractivity contribution in [1.82, 2.24) is 24.5 Å². The fourth-order valence-corrected chi connectivity index (χ4v) is 6.27. The topological polar surface area (TPSA) is 87.0 Å². The van der Waals surface area contributed by atoms with Gasteiger partial charge in [-0.25, -0.2) is 4.98 Å². The number of pyridine rings is 1. The number of aromatic nitrogens is 2. The number of imidazole rings is 1. The largest absolute Gasteiger partial charge is 0.357 e. The number of hydrogen-bond donors (Lipinski definition) is 1. The summed E-state index contributed by atoms with van der Waals surface area (Å²) in [5.74, 6) is 0.0621. The maximum absolute atomic E-state index is 13.1. The Hall–Kier alpha value is -4.30. The van der Waals surface area contributed by atoms with E-state index >= 15 is 0 Å². The molecular weight excluding hydrogens is 514 g/mol. The van der Waals surface area contributed by atoms with Crippen LogP contribution in [0.2, 0.25) is 0 Å². The lowest BCUT2D eigenvalue weighted by molar-refractivity contribution is -0.125. The van der Waals surface area contributed by atoms with Crippen LogP contribution >= 0.6 is 0 Å². The molecule has 4 aromatic rings. The van der Waals surface area contributed by atoms with Crippen LogP contribution in [0.1, 0.15) is 58.8 Å². The first kappa shape index (κ1) is 26.9. The highest BCUT2D eigenvalue weighted by molar-refractivity contribution is 6.01. The maximum Gasteiger partial charge on any atom is 0.255 e. The Labute approximate surface area is 240 Å². The van der Waals surface area contributed by atoms with Gasteiger partial charge in [0.2, 0.25) is 5.91 Å². The van der Waals surface area contributed by atoms with E-state index in [0.29, 0.717) is 24.4 Å². The first-order valence-electron chi connectivity index (χ1n) is 14.4. The molecule has 1 atom stereocenters. The summed E-state index contributed by atoms with van der Waals surface area (Å²) >= 11 is 0. The highest BCUT2D eigenvalue weighted by atomic mass is 16.2. The van der Waals surface area contributed by atoms with E-state index in [2.05, 4.69) is 75.5 Å². The Kier molecular flexibility index (Phi) is 7.65. The van der Waals surface area contributed by atoms with Crippen LogP contribution in [0.15, 0.2) is 73.1 Å². The summed E-state index contributed by atoms with van der Waals surface area (Å²) in [5.41, 5.74) is 7.28. The Morgan fingerprint density at radius 1 is 1.05 bits per heavy atom. The minimum Gasteiger partial charge on any atom is -0.357 e. The van der Waals surface area contributed by atoms with Crippen molar-refractivity contribution < 1.29 is 14.4 Å². The van der Waals surface area contributed by atoms with Crippen LogP contribution in [-0.2, 0) is 22.7 Å². The number of carbonyl (C=O) groups excluding carboxylic acids is 3. The average molecular weight is 550 g/mol. The molecule has 0 bridgehead atoms. The van der Waals surface area contributed by atoms with E-state index < -0.39 is 6.04 Å². The number of rotatable bonds is 9. The minimum atomic E-state index is -0.638. The van der Waals surface area contributed by atoms with Crippen LogP contribution in [0.3, 0.4) is 0 Å². The molecular formula is C33H35N5O3. The van der Waals surface area contributed by atoms with Gasteiger partial charge >= 0.3 is 0 Å². The van der Waals surface area contributed by atoms with Crippen molar-refractivity contribution in [2.45, 2.75) is 50.7 Å². The normalized spacial score (nSPS) is 16.6. The first-order valence-corrected chi connectivity index (χ1v) is 14.4. The van der Waals surface area contributed by atoms with E-state index in [4.69, 9.17) is 4.98 Å². The van der Waals surface area contributed by atoms with Gasteiger partial charge in [-0.1, -0.05) is 42.5 Å². The van der Waals surface area contributed by atoms with Crippen molar-refractivity contribution in [3.05, 3.63) is 95.4 Å². The third-order valence-electron chi connectivity index (χ3n) is 8.50. The van der Waals surface area contributed by atoms with Gasteiger partial charge in [0, 0.05) is 44.5 Å². The van der Waals surface area contributed by atoms with Gasteiger partial charge in [-0.15, -0.1) is 0 Å². The lowest BCUT2D eigenvalue weighted by Gasteiger charge is -2.31. The smallest absolute Gasteiger partial charge is 0.255 e. The average Bonchev–Trinajstić information content (AvgIpc) is 3.57.